The number of rotatable bonds is 8. The molecule has 0 amide bonds. The second kappa shape index (κ2) is 9.52. The maximum atomic E-state index is 6.94. The van der Waals surface area contributed by atoms with E-state index in [0.29, 0.717) is 11.8 Å². The quantitative estimate of drug-likeness (QED) is 0.352. The van der Waals surface area contributed by atoms with E-state index in [4.69, 9.17) is 28.8 Å². The summed E-state index contributed by atoms with van der Waals surface area (Å²) >= 11 is 8.41. The fourth-order valence-corrected chi connectivity index (χ4v) is 12.4. The molecule has 0 radical (unpaired) electrons. The van der Waals surface area contributed by atoms with Gasteiger partial charge in [0.1, 0.15) is 0 Å². The second-order valence-corrected chi connectivity index (χ2v) is 14.7. The molecule has 2 aromatic carbocycles. The summed E-state index contributed by atoms with van der Waals surface area (Å²) in [6, 6.07) is 15.9. The number of para-hydroxylation sites is 2. The Kier molecular flexibility index (Phi) is 6.80. The van der Waals surface area contributed by atoms with Gasteiger partial charge in [-0.05, 0) is 0 Å². The predicted octanol–water partition coefficient (Wildman–Crippen LogP) is 7.29. The molecular weight excluding hydrogens is 482 g/mol. The first-order chi connectivity index (χ1) is 14.3. The minimum atomic E-state index is -4.03. The Hall–Kier alpha value is -1.54. The second-order valence-electron chi connectivity index (χ2n) is 6.95. The van der Waals surface area contributed by atoms with Crippen LogP contribution in [0.3, 0.4) is 0 Å². The maximum absolute atomic E-state index is 6.94. The fourth-order valence-electron chi connectivity index (χ4n) is 3.61. The molecule has 0 aromatic heterocycles. The van der Waals surface area contributed by atoms with Crippen molar-refractivity contribution >= 4 is 23.2 Å². The van der Waals surface area contributed by atoms with Gasteiger partial charge in [-0.2, -0.15) is 0 Å². The van der Waals surface area contributed by atoms with Crippen LogP contribution in [0, 0.1) is 0 Å². The van der Waals surface area contributed by atoms with Crippen LogP contribution in [0.4, 0.5) is 0 Å². The van der Waals surface area contributed by atoms with Crippen LogP contribution in [-0.4, -0.2) is 0 Å². The van der Waals surface area contributed by atoms with Crippen LogP contribution in [0.25, 0.3) is 0 Å². The molecule has 5 heteroatoms. The molecule has 2 aliphatic carbocycles. The first kappa shape index (κ1) is 20.7. The Bertz CT molecular complexity index is 926. The average Bonchev–Trinajstić information content (AvgIpc) is 3.48. The third kappa shape index (κ3) is 4.33. The Labute approximate surface area is 187 Å². The van der Waals surface area contributed by atoms with E-state index >= 15 is 0 Å². The molecule has 0 N–H and O–H groups in total. The molecular formula is C24H22Cl2O2Zr. The van der Waals surface area contributed by atoms with Gasteiger partial charge in [-0.1, -0.05) is 0 Å². The van der Waals surface area contributed by atoms with Crippen molar-refractivity contribution in [2.24, 2.45) is 0 Å². The molecule has 0 atom stereocenters. The first-order valence-electron chi connectivity index (χ1n) is 9.65. The molecule has 2 nitrogen and oxygen atoms in total. The topological polar surface area (TPSA) is 18.5 Å². The molecule has 0 saturated carbocycles. The summed E-state index contributed by atoms with van der Waals surface area (Å²) in [5.74, 6) is 2.40. The van der Waals surface area contributed by atoms with Crippen molar-refractivity contribution in [2.75, 3.05) is 0 Å². The number of halogens is 2. The van der Waals surface area contributed by atoms with Crippen LogP contribution in [0.2, 0.25) is 0 Å². The molecule has 148 valence electrons. The molecule has 0 saturated heterocycles. The monoisotopic (exact) mass is 502 g/mol. The minimum absolute atomic E-state index is 0.394. The van der Waals surface area contributed by atoms with E-state index < -0.39 is 21.1 Å². The predicted molar refractivity (Wildman–Crippen MR) is 117 cm³/mol. The number of benzene rings is 2. The number of alkyl halides is 2. The van der Waals surface area contributed by atoms with E-state index in [1.807, 2.05) is 48.5 Å². The number of hydrogen-bond acceptors (Lipinski definition) is 2. The van der Waals surface area contributed by atoms with Gasteiger partial charge in [0.25, 0.3) is 0 Å². The average molecular weight is 505 g/mol. The Morgan fingerprint density at radius 3 is 1.52 bits per heavy atom. The van der Waals surface area contributed by atoms with Crippen molar-refractivity contribution in [3.63, 3.8) is 0 Å². The van der Waals surface area contributed by atoms with E-state index in [-0.39, 0.29) is 0 Å². The zero-order valence-corrected chi connectivity index (χ0v) is 20.0. The molecule has 29 heavy (non-hydrogen) atoms. The van der Waals surface area contributed by atoms with Crippen molar-refractivity contribution < 1.29 is 26.8 Å². The summed E-state index contributed by atoms with van der Waals surface area (Å²) in [7, 11) is 0. The van der Waals surface area contributed by atoms with Crippen molar-refractivity contribution in [3.05, 3.63) is 103 Å². The summed E-state index contributed by atoms with van der Waals surface area (Å²) in [4.78, 5) is 0. The van der Waals surface area contributed by atoms with Crippen molar-refractivity contribution in [1.29, 1.82) is 0 Å². The van der Waals surface area contributed by atoms with E-state index in [0.717, 1.165) is 35.5 Å². The standard InChI is InChI=1S/2C7H7ClO.2C5H5.Zr/c2*8-5-6-3-1-2-4-7(6)9;2*1-2-4-5-3-1;/h2*1-4,9H,5H2;2*1-3H,4H2;/q;;;;+2/p-2. The van der Waals surface area contributed by atoms with E-state index in [1.54, 1.807) is 0 Å². The Morgan fingerprint density at radius 1 is 0.690 bits per heavy atom. The molecule has 0 unspecified atom stereocenters. The molecule has 0 fully saturated rings. The molecule has 2 aromatic rings. The zero-order valence-electron chi connectivity index (χ0n) is 16.0. The molecule has 2 aliphatic rings. The van der Waals surface area contributed by atoms with Crippen LogP contribution in [0.1, 0.15) is 24.0 Å². The van der Waals surface area contributed by atoms with Gasteiger partial charge in [0.05, 0.1) is 0 Å². The van der Waals surface area contributed by atoms with Crippen molar-refractivity contribution in [3.8, 4) is 11.5 Å². The van der Waals surface area contributed by atoms with Gasteiger partial charge >= 0.3 is 189 Å². The molecule has 4 rings (SSSR count). The van der Waals surface area contributed by atoms with Crippen LogP contribution in [0.5, 0.6) is 11.5 Å². The summed E-state index contributed by atoms with van der Waals surface area (Å²) in [6.45, 7) is 0. The Morgan fingerprint density at radius 2 is 1.14 bits per heavy atom. The third-order valence-corrected chi connectivity index (χ3v) is 14.2. The fraction of sp³-hybridized carbons (Fsp3) is 0.167. The summed E-state index contributed by atoms with van der Waals surface area (Å²) in [6.07, 6.45) is 14.5. The van der Waals surface area contributed by atoms with Crippen molar-refractivity contribution in [1.82, 2.24) is 0 Å². The molecule has 0 spiro atoms. The first-order valence-corrected chi connectivity index (χ1v) is 15.2. The molecule has 0 aliphatic heterocycles. The normalized spacial score (nSPS) is 15.4. The van der Waals surface area contributed by atoms with Crippen LogP contribution in [0.15, 0.2) is 91.5 Å². The summed E-state index contributed by atoms with van der Waals surface area (Å²) < 4.78 is 16.4. The molecule has 0 heterocycles. The molecule has 0 bridgehead atoms. The number of hydrogen-bond donors (Lipinski definition) is 0. The number of allylic oxidation sites excluding steroid dienone is 8. The van der Waals surface area contributed by atoms with Crippen LogP contribution in [-0.2, 0) is 32.9 Å². The zero-order chi connectivity index (χ0) is 20.1. The van der Waals surface area contributed by atoms with Gasteiger partial charge in [0.15, 0.2) is 0 Å². The van der Waals surface area contributed by atoms with E-state index in [2.05, 4.69) is 36.5 Å². The Balaban J connectivity index is 1.84. The van der Waals surface area contributed by atoms with E-state index in [9.17, 15) is 0 Å². The van der Waals surface area contributed by atoms with Crippen molar-refractivity contribution in [2.45, 2.75) is 24.6 Å². The van der Waals surface area contributed by atoms with Gasteiger partial charge in [0, 0.05) is 0 Å². The summed E-state index contributed by atoms with van der Waals surface area (Å²) in [5, 5.41) is 0. The van der Waals surface area contributed by atoms with Crippen LogP contribution >= 0.6 is 23.2 Å². The van der Waals surface area contributed by atoms with Gasteiger partial charge < -0.3 is 0 Å². The van der Waals surface area contributed by atoms with Crippen LogP contribution < -0.4 is 5.63 Å². The van der Waals surface area contributed by atoms with Gasteiger partial charge in [0.2, 0.25) is 0 Å². The third-order valence-electron chi connectivity index (χ3n) is 5.13. The van der Waals surface area contributed by atoms with Gasteiger partial charge in [-0.25, -0.2) is 0 Å². The van der Waals surface area contributed by atoms with Gasteiger partial charge in [-0.15, -0.1) is 0 Å². The summed E-state index contributed by atoms with van der Waals surface area (Å²) in [5.41, 5.74) is 1.95. The SMILES string of the molecule is ClCc1ccccc1[O][Zr]([O]c1ccccc1CCl)([C]1=CC=CC1)[C]1=CC=CC1. The van der Waals surface area contributed by atoms with E-state index in [1.165, 1.54) is 6.56 Å². The van der Waals surface area contributed by atoms with Gasteiger partial charge in [-0.3, -0.25) is 0 Å².